The lowest BCUT2D eigenvalue weighted by Gasteiger charge is -2.23. The van der Waals surface area contributed by atoms with E-state index in [1.807, 2.05) is 6.07 Å². The summed E-state index contributed by atoms with van der Waals surface area (Å²) in [5, 5.41) is 3.11. The van der Waals surface area contributed by atoms with Gasteiger partial charge in [0.15, 0.2) is 0 Å². The number of imidazole rings is 1. The second kappa shape index (κ2) is 7.07. The maximum absolute atomic E-state index is 12.6. The summed E-state index contributed by atoms with van der Waals surface area (Å²) < 4.78 is 0. The molecule has 0 fully saturated rings. The van der Waals surface area contributed by atoms with E-state index in [1.54, 1.807) is 6.33 Å². The Kier molecular flexibility index (Phi) is 4.88. The number of aromatic amines is 1. The predicted octanol–water partition coefficient (Wildman–Crippen LogP) is 3.31. The number of amides is 1. The first kappa shape index (κ1) is 16.6. The number of aryl methyl sites for hydroxylation is 2. The van der Waals surface area contributed by atoms with Gasteiger partial charge in [0.2, 0.25) is 5.91 Å². The van der Waals surface area contributed by atoms with Crippen LogP contribution in [0.25, 0.3) is 0 Å². The lowest BCUT2D eigenvalue weighted by molar-refractivity contribution is -0.120. The molecule has 1 heterocycles. The number of aromatic nitrogens is 2. The molecule has 0 saturated heterocycles. The minimum atomic E-state index is 0.0137. The molecule has 0 radical (unpaired) electrons. The molecule has 1 atom stereocenters. The Hall–Kier alpha value is -2.30. The van der Waals surface area contributed by atoms with E-state index < -0.39 is 0 Å². The van der Waals surface area contributed by atoms with Crippen LogP contribution in [0.2, 0.25) is 0 Å². The largest absolute Gasteiger partial charge is 0.372 e. The van der Waals surface area contributed by atoms with Crippen molar-refractivity contribution in [3.63, 3.8) is 0 Å². The van der Waals surface area contributed by atoms with Crippen LogP contribution >= 0.6 is 0 Å². The third-order valence-electron chi connectivity index (χ3n) is 4.95. The van der Waals surface area contributed by atoms with Crippen molar-refractivity contribution in [1.29, 1.82) is 0 Å². The highest BCUT2D eigenvalue weighted by Gasteiger charge is 2.26. The van der Waals surface area contributed by atoms with Crippen molar-refractivity contribution < 1.29 is 4.79 Å². The average Bonchev–Trinajstić information content (AvgIpc) is 3.05. The number of carbonyl (C=O) groups excluding carboxylic acids is 1. The van der Waals surface area contributed by atoms with E-state index in [0.29, 0.717) is 0 Å². The van der Waals surface area contributed by atoms with E-state index in [0.717, 1.165) is 55.0 Å². The molecule has 1 unspecified atom stereocenters. The van der Waals surface area contributed by atoms with Gasteiger partial charge in [-0.2, -0.15) is 0 Å². The van der Waals surface area contributed by atoms with Gasteiger partial charge < -0.3 is 15.2 Å². The summed E-state index contributed by atoms with van der Waals surface area (Å²) in [6, 6.07) is 6.26. The van der Waals surface area contributed by atoms with Crippen LogP contribution in [-0.2, 0) is 17.6 Å². The summed E-state index contributed by atoms with van der Waals surface area (Å²) in [7, 11) is 0. The summed E-state index contributed by atoms with van der Waals surface area (Å²) >= 11 is 0. The third kappa shape index (κ3) is 3.30. The van der Waals surface area contributed by atoms with Gasteiger partial charge >= 0.3 is 0 Å². The molecule has 0 bridgehead atoms. The van der Waals surface area contributed by atoms with Crippen molar-refractivity contribution in [3.8, 4) is 0 Å². The lowest BCUT2D eigenvalue weighted by Crippen LogP contribution is -2.28. The van der Waals surface area contributed by atoms with Crippen molar-refractivity contribution in [2.24, 2.45) is 5.92 Å². The molecule has 1 aromatic carbocycles. The Morgan fingerprint density at radius 2 is 2.17 bits per heavy atom. The van der Waals surface area contributed by atoms with Crippen molar-refractivity contribution in [2.45, 2.75) is 40.0 Å². The number of rotatable bonds is 5. The van der Waals surface area contributed by atoms with E-state index in [-0.39, 0.29) is 11.8 Å². The van der Waals surface area contributed by atoms with Crippen LogP contribution in [0, 0.1) is 12.8 Å². The molecule has 2 N–H and O–H groups in total. The molecule has 2 aromatic rings. The van der Waals surface area contributed by atoms with Gasteiger partial charge in [0.1, 0.15) is 0 Å². The zero-order chi connectivity index (χ0) is 17.1. The molecule has 1 aliphatic rings. The van der Waals surface area contributed by atoms with E-state index in [9.17, 15) is 4.79 Å². The molecule has 1 aliphatic carbocycles. The Labute approximate surface area is 143 Å². The number of benzene rings is 1. The van der Waals surface area contributed by atoms with Gasteiger partial charge in [0, 0.05) is 42.5 Å². The number of anilines is 2. The standard InChI is InChI=1S/C19H26N4O/c1-4-23(5-2)15-7-9-16(13(3)10-15)22-19(24)14-6-8-17-18(11-14)21-12-20-17/h7,9-10,12,14H,4-6,8,11H2,1-3H3,(H,20,21)(H,22,24). The van der Waals surface area contributed by atoms with Crippen LogP contribution in [0.1, 0.15) is 37.2 Å². The lowest BCUT2D eigenvalue weighted by atomic mass is 9.89. The van der Waals surface area contributed by atoms with Gasteiger partial charge in [-0.15, -0.1) is 0 Å². The normalized spacial score (nSPS) is 16.5. The smallest absolute Gasteiger partial charge is 0.227 e. The number of H-pyrrole nitrogens is 1. The fourth-order valence-electron chi connectivity index (χ4n) is 3.43. The summed E-state index contributed by atoms with van der Waals surface area (Å²) in [6.45, 7) is 8.32. The summed E-state index contributed by atoms with van der Waals surface area (Å²) in [5.74, 6) is 0.119. The highest BCUT2D eigenvalue weighted by atomic mass is 16.1. The quantitative estimate of drug-likeness (QED) is 0.886. The number of hydrogen-bond acceptors (Lipinski definition) is 3. The molecule has 24 heavy (non-hydrogen) atoms. The first-order valence-corrected chi connectivity index (χ1v) is 8.80. The zero-order valence-corrected chi connectivity index (χ0v) is 14.7. The molecule has 1 amide bonds. The average molecular weight is 326 g/mol. The van der Waals surface area contributed by atoms with E-state index in [1.165, 1.54) is 5.69 Å². The highest BCUT2D eigenvalue weighted by molar-refractivity contribution is 5.93. The Morgan fingerprint density at radius 1 is 1.38 bits per heavy atom. The van der Waals surface area contributed by atoms with Crippen LogP contribution in [-0.4, -0.2) is 29.0 Å². The molecule has 3 rings (SSSR count). The minimum absolute atomic E-state index is 0.0137. The molecule has 1 aromatic heterocycles. The molecular weight excluding hydrogens is 300 g/mol. The fraction of sp³-hybridized carbons (Fsp3) is 0.474. The SMILES string of the molecule is CCN(CC)c1ccc(NC(=O)C2CCc3nc[nH]c3C2)c(C)c1. The maximum atomic E-state index is 12.6. The van der Waals surface area contributed by atoms with E-state index in [2.05, 4.69) is 53.1 Å². The van der Waals surface area contributed by atoms with E-state index in [4.69, 9.17) is 0 Å². The van der Waals surface area contributed by atoms with Crippen molar-refractivity contribution >= 4 is 17.3 Å². The maximum Gasteiger partial charge on any atom is 0.227 e. The molecule has 5 heteroatoms. The van der Waals surface area contributed by atoms with Gasteiger partial charge in [0.05, 0.1) is 12.0 Å². The van der Waals surface area contributed by atoms with Crippen LogP contribution in [0.15, 0.2) is 24.5 Å². The number of nitrogens with zero attached hydrogens (tertiary/aromatic N) is 2. The first-order valence-electron chi connectivity index (χ1n) is 8.80. The van der Waals surface area contributed by atoms with Crippen LogP contribution in [0.4, 0.5) is 11.4 Å². The van der Waals surface area contributed by atoms with Crippen molar-refractivity contribution in [3.05, 3.63) is 41.5 Å². The molecule has 0 saturated carbocycles. The summed E-state index contributed by atoms with van der Waals surface area (Å²) in [6.07, 6.45) is 4.20. The van der Waals surface area contributed by atoms with Crippen LogP contribution in [0.3, 0.4) is 0 Å². The highest BCUT2D eigenvalue weighted by Crippen LogP contribution is 2.26. The minimum Gasteiger partial charge on any atom is -0.372 e. The molecular formula is C19H26N4O. The molecule has 0 spiro atoms. The number of carbonyl (C=O) groups is 1. The summed E-state index contributed by atoms with van der Waals surface area (Å²) in [4.78, 5) is 22.4. The van der Waals surface area contributed by atoms with Gasteiger partial charge in [-0.3, -0.25) is 4.79 Å². The monoisotopic (exact) mass is 326 g/mol. The van der Waals surface area contributed by atoms with Crippen LogP contribution < -0.4 is 10.2 Å². The number of nitrogens with one attached hydrogen (secondary N) is 2. The Morgan fingerprint density at radius 3 is 2.88 bits per heavy atom. The van der Waals surface area contributed by atoms with Crippen molar-refractivity contribution in [2.75, 3.05) is 23.3 Å². The second-order valence-electron chi connectivity index (χ2n) is 6.43. The summed E-state index contributed by atoms with van der Waals surface area (Å²) in [5.41, 5.74) is 5.43. The van der Waals surface area contributed by atoms with Crippen molar-refractivity contribution in [1.82, 2.24) is 9.97 Å². The number of fused-ring (bicyclic) bond motifs is 1. The number of hydrogen-bond donors (Lipinski definition) is 2. The van der Waals surface area contributed by atoms with E-state index >= 15 is 0 Å². The van der Waals surface area contributed by atoms with Crippen LogP contribution in [0.5, 0.6) is 0 Å². The van der Waals surface area contributed by atoms with Gasteiger partial charge in [-0.25, -0.2) is 4.98 Å². The predicted molar refractivity (Wildman–Crippen MR) is 97.5 cm³/mol. The fourth-order valence-corrected chi connectivity index (χ4v) is 3.43. The van der Waals surface area contributed by atoms with Gasteiger partial charge in [-0.05, 0) is 57.4 Å². The topological polar surface area (TPSA) is 61.0 Å². The second-order valence-corrected chi connectivity index (χ2v) is 6.43. The van der Waals surface area contributed by atoms with Gasteiger partial charge in [-0.1, -0.05) is 0 Å². The third-order valence-corrected chi connectivity index (χ3v) is 4.95. The Balaban J connectivity index is 1.69. The van der Waals surface area contributed by atoms with Gasteiger partial charge in [0.25, 0.3) is 0 Å². The molecule has 128 valence electrons. The first-order chi connectivity index (χ1) is 11.6. The Bertz CT molecular complexity index is 718. The zero-order valence-electron chi connectivity index (χ0n) is 14.7. The molecule has 5 nitrogen and oxygen atoms in total. The molecule has 0 aliphatic heterocycles.